The lowest BCUT2D eigenvalue weighted by molar-refractivity contribution is 0.181. The number of anilines is 1. The topological polar surface area (TPSA) is 30.3 Å². The molecule has 2 aromatic rings. The lowest BCUT2D eigenvalue weighted by Gasteiger charge is -2.41. The molecule has 112 valence electrons. The molecule has 0 bridgehead atoms. The number of rotatable bonds is 3. The highest BCUT2D eigenvalue weighted by molar-refractivity contribution is 5.46. The third-order valence-corrected chi connectivity index (χ3v) is 4.36. The second-order valence-electron chi connectivity index (χ2n) is 5.91. The molecule has 0 unspecified atom stereocenters. The first-order valence-corrected chi connectivity index (χ1v) is 7.79. The molecule has 0 saturated carbocycles. The fourth-order valence-corrected chi connectivity index (χ4v) is 3.02. The Hall–Kier alpha value is -2.31. The highest BCUT2D eigenvalue weighted by atomic mass is 15.3. The minimum Gasteiger partial charge on any atom is -0.369 e. The summed E-state index contributed by atoms with van der Waals surface area (Å²) in [6.45, 7) is 6.43. The zero-order valence-corrected chi connectivity index (χ0v) is 12.9. The summed E-state index contributed by atoms with van der Waals surface area (Å²) in [6, 6.07) is 21.3. The molecule has 1 fully saturated rings. The molecule has 22 heavy (non-hydrogen) atoms. The first-order chi connectivity index (χ1) is 10.8. The van der Waals surface area contributed by atoms with Crippen LogP contribution in [0.2, 0.25) is 0 Å². The van der Waals surface area contributed by atoms with Gasteiger partial charge < -0.3 is 4.90 Å². The largest absolute Gasteiger partial charge is 0.369 e. The second kappa shape index (κ2) is 6.64. The van der Waals surface area contributed by atoms with E-state index in [1.54, 1.807) is 0 Å². The van der Waals surface area contributed by atoms with E-state index in [2.05, 4.69) is 65.3 Å². The molecule has 0 aromatic heterocycles. The quantitative estimate of drug-likeness (QED) is 0.869. The Morgan fingerprint density at radius 3 is 2.41 bits per heavy atom. The number of piperazine rings is 1. The van der Waals surface area contributed by atoms with Crippen LogP contribution >= 0.6 is 0 Å². The van der Waals surface area contributed by atoms with Gasteiger partial charge in [-0.05, 0) is 36.8 Å². The number of benzene rings is 2. The van der Waals surface area contributed by atoms with E-state index in [-0.39, 0.29) is 0 Å². The third kappa shape index (κ3) is 3.29. The Labute approximate surface area is 132 Å². The highest BCUT2D eigenvalue weighted by Gasteiger charge is 2.23. The average molecular weight is 291 g/mol. The maximum Gasteiger partial charge on any atom is 0.0991 e. The van der Waals surface area contributed by atoms with Crippen molar-refractivity contribution in [3.05, 3.63) is 65.7 Å². The summed E-state index contributed by atoms with van der Waals surface area (Å²) >= 11 is 0. The summed E-state index contributed by atoms with van der Waals surface area (Å²) in [5.41, 5.74) is 3.32. The van der Waals surface area contributed by atoms with Gasteiger partial charge in [-0.15, -0.1) is 0 Å². The van der Waals surface area contributed by atoms with Gasteiger partial charge in [-0.1, -0.05) is 30.3 Å². The average Bonchev–Trinajstić information content (AvgIpc) is 2.58. The summed E-state index contributed by atoms with van der Waals surface area (Å²) in [5.74, 6) is 0. The Morgan fingerprint density at radius 1 is 1.05 bits per heavy atom. The molecule has 1 saturated heterocycles. The monoisotopic (exact) mass is 291 g/mol. The molecule has 3 heteroatoms. The van der Waals surface area contributed by atoms with Gasteiger partial charge in [-0.25, -0.2) is 0 Å². The van der Waals surface area contributed by atoms with E-state index in [1.165, 1.54) is 11.3 Å². The SMILES string of the molecule is C[C@H]1CN(c2ccccc2)CCN1Cc1ccc(C#N)cc1. The van der Waals surface area contributed by atoms with Crippen molar-refractivity contribution in [2.75, 3.05) is 24.5 Å². The van der Waals surface area contributed by atoms with Crippen LogP contribution in [0.1, 0.15) is 18.1 Å². The standard InChI is InChI=1S/C19H21N3/c1-16-14-22(19-5-3-2-4-6-19)12-11-21(16)15-18-9-7-17(13-20)8-10-18/h2-10,16H,11-12,14-15H2,1H3/t16-/m0/s1. The van der Waals surface area contributed by atoms with Gasteiger partial charge in [0.2, 0.25) is 0 Å². The molecule has 1 heterocycles. The zero-order valence-electron chi connectivity index (χ0n) is 12.9. The number of para-hydroxylation sites is 1. The molecule has 3 rings (SSSR count). The van der Waals surface area contributed by atoms with E-state index in [4.69, 9.17) is 5.26 Å². The van der Waals surface area contributed by atoms with E-state index in [9.17, 15) is 0 Å². The lowest BCUT2D eigenvalue weighted by Crippen LogP contribution is -2.51. The van der Waals surface area contributed by atoms with Gasteiger partial charge in [0.25, 0.3) is 0 Å². The van der Waals surface area contributed by atoms with Crippen LogP contribution in [0.3, 0.4) is 0 Å². The first-order valence-electron chi connectivity index (χ1n) is 7.79. The third-order valence-electron chi connectivity index (χ3n) is 4.36. The molecule has 0 amide bonds. The number of nitrogens with zero attached hydrogens (tertiary/aromatic N) is 3. The van der Waals surface area contributed by atoms with Gasteiger partial charge in [-0.3, -0.25) is 4.90 Å². The molecule has 0 radical (unpaired) electrons. The minimum absolute atomic E-state index is 0.518. The van der Waals surface area contributed by atoms with Crippen LogP contribution in [-0.4, -0.2) is 30.6 Å². The van der Waals surface area contributed by atoms with Gasteiger partial charge in [0.1, 0.15) is 0 Å². The Balaban J connectivity index is 1.62. The predicted octanol–water partition coefficient (Wildman–Crippen LogP) is 3.27. The van der Waals surface area contributed by atoms with Crippen LogP contribution in [0.15, 0.2) is 54.6 Å². The maximum absolute atomic E-state index is 8.86. The van der Waals surface area contributed by atoms with E-state index >= 15 is 0 Å². The van der Waals surface area contributed by atoms with Gasteiger partial charge in [-0.2, -0.15) is 5.26 Å². The Morgan fingerprint density at radius 2 is 1.77 bits per heavy atom. The van der Waals surface area contributed by atoms with Crippen molar-refractivity contribution in [3.63, 3.8) is 0 Å². The summed E-state index contributed by atoms with van der Waals surface area (Å²) in [6.07, 6.45) is 0. The predicted molar refractivity (Wildman–Crippen MR) is 89.7 cm³/mol. The fraction of sp³-hybridized carbons (Fsp3) is 0.316. The molecule has 3 nitrogen and oxygen atoms in total. The molecular formula is C19H21N3. The van der Waals surface area contributed by atoms with Crippen LogP contribution in [0.25, 0.3) is 0 Å². The molecule has 0 N–H and O–H groups in total. The lowest BCUT2D eigenvalue weighted by atomic mass is 10.1. The second-order valence-corrected chi connectivity index (χ2v) is 5.91. The highest BCUT2D eigenvalue weighted by Crippen LogP contribution is 2.20. The van der Waals surface area contributed by atoms with E-state index < -0.39 is 0 Å². The summed E-state index contributed by atoms with van der Waals surface area (Å²) in [7, 11) is 0. The molecule has 1 aliphatic heterocycles. The Kier molecular flexibility index (Phi) is 4.41. The van der Waals surface area contributed by atoms with Crippen LogP contribution < -0.4 is 4.90 Å². The van der Waals surface area contributed by atoms with Crippen LogP contribution in [0.5, 0.6) is 0 Å². The summed E-state index contributed by atoms with van der Waals surface area (Å²) in [5, 5.41) is 8.86. The molecule has 0 spiro atoms. The van der Waals surface area contributed by atoms with Crippen molar-refractivity contribution in [2.24, 2.45) is 0 Å². The number of hydrogen-bond acceptors (Lipinski definition) is 3. The molecule has 0 aliphatic carbocycles. The Bertz CT molecular complexity index is 643. The van der Waals surface area contributed by atoms with Crippen molar-refractivity contribution in [1.29, 1.82) is 5.26 Å². The molecule has 2 aromatic carbocycles. The number of nitriles is 1. The van der Waals surface area contributed by atoms with Crippen molar-refractivity contribution < 1.29 is 0 Å². The summed E-state index contributed by atoms with van der Waals surface area (Å²) < 4.78 is 0. The smallest absolute Gasteiger partial charge is 0.0991 e. The van der Waals surface area contributed by atoms with Crippen LogP contribution in [-0.2, 0) is 6.54 Å². The van der Waals surface area contributed by atoms with E-state index in [0.717, 1.165) is 31.7 Å². The molecular weight excluding hydrogens is 270 g/mol. The maximum atomic E-state index is 8.86. The molecule has 1 atom stereocenters. The number of hydrogen-bond donors (Lipinski definition) is 0. The van der Waals surface area contributed by atoms with Crippen molar-refractivity contribution in [1.82, 2.24) is 4.90 Å². The molecule has 1 aliphatic rings. The van der Waals surface area contributed by atoms with Crippen LogP contribution in [0.4, 0.5) is 5.69 Å². The van der Waals surface area contributed by atoms with Gasteiger partial charge in [0, 0.05) is 37.9 Å². The van der Waals surface area contributed by atoms with Crippen molar-refractivity contribution in [2.45, 2.75) is 19.5 Å². The minimum atomic E-state index is 0.518. The van der Waals surface area contributed by atoms with Crippen molar-refractivity contribution in [3.8, 4) is 6.07 Å². The van der Waals surface area contributed by atoms with E-state index in [1.807, 2.05) is 12.1 Å². The van der Waals surface area contributed by atoms with E-state index in [0.29, 0.717) is 6.04 Å². The fourth-order valence-electron chi connectivity index (χ4n) is 3.02. The first kappa shape index (κ1) is 14.6. The van der Waals surface area contributed by atoms with Crippen molar-refractivity contribution >= 4 is 5.69 Å². The van der Waals surface area contributed by atoms with Gasteiger partial charge in [0.05, 0.1) is 11.6 Å². The van der Waals surface area contributed by atoms with Crippen LogP contribution in [0, 0.1) is 11.3 Å². The van der Waals surface area contributed by atoms with Gasteiger partial charge in [0.15, 0.2) is 0 Å². The zero-order chi connectivity index (χ0) is 15.4. The van der Waals surface area contributed by atoms with Gasteiger partial charge >= 0.3 is 0 Å². The normalized spacial score (nSPS) is 18.9. The summed E-state index contributed by atoms with van der Waals surface area (Å²) in [4.78, 5) is 4.97.